The molecule has 1 aliphatic heterocycles. The topological polar surface area (TPSA) is 51.1 Å². The van der Waals surface area contributed by atoms with Crippen molar-refractivity contribution in [2.24, 2.45) is 5.92 Å². The van der Waals surface area contributed by atoms with Crippen molar-refractivity contribution in [3.8, 4) is 10.8 Å². The van der Waals surface area contributed by atoms with E-state index < -0.39 is 5.92 Å². The zero-order valence-electron chi connectivity index (χ0n) is 15.5. The lowest BCUT2D eigenvalue weighted by atomic mass is 9.84. The highest BCUT2D eigenvalue weighted by Crippen LogP contribution is 2.37. The van der Waals surface area contributed by atoms with E-state index in [2.05, 4.69) is 9.88 Å². The quantitative estimate of drug-likeness (QED) is 0.781. The summed E-state index contributed by atoms with van der Waals surface area (Å²) >= 11 is 1.53. The van der Waals surface area contributed by atoms with Crippen LogP contribution < -0.4 is 4.90 Å². The molecule has 27 heavy (non-hydrogen) atoms. The third-order valence-corrected chi connectivity index (χ3v) is 6.20. The number of hydrogen-bond donors (Lipinski definition) is 0. The molecule has 1 saturated carbocycles. The van der Waals surface area contributed by atoms with Crippen LogP contribution in [0.3, 0.4) is 0 Å². The first-order chi connectivity index (χ1) is 13.0. The highest BCUT2D eigenvalue weighted by atomic mass is 32.1. The van der Waals surface area contributed by atoms with Gasteiger partial charge in [-0.25, -0.2) is 23.7 Å². The Balaban J connectivity index is 1.59. The van der Waals surface area contributed by atoms with Gasteiger partial charge in [0, 0.05) is 48.8 Å². The highest BCUT2D eigenvalue weighted by molar-refractivity contribution is 7.13. The molecule has 0 radical (unpaired) electrons. The summed E-state index contributed by atoms with van der Waals surface area (Å²) < 4.78 is 32.4. The number of ether oxygens (including phenoxy) is 1. The van der Waals surface area contributed by atoms with Crippen molar-refractivity contribution in [2.75, 3.05) is 31.2 Å². The van der Waals surface area contributed by atoms with Crippen LogP contribution in [-0.2, 0) is 11.2 Å². The molecule has 2 fully saturated rings. The average Bonchev–Trinajstić information content (AvgIpc) is 3.10. The Morgan fingerprint density at radius 3 is 2.59 bits per heavy atom. The summed E-state index contributed by atoms with van der Waals surface area (Å²) in [6.45, 7) is 4.91. The molecule has 0 spiro atoms. The van der Waals surface area contributed by atoms with Gasteiger partial charge in [-0.05, 0) is 32.1 Å². The Morgan fingerprint density at radius 1 is 1.19 bits per heavy atom. The van der Waals surface area contributed by atoms with E-state index in [-0.39, 0.29) is 18.8 Å². The molecule has 1 saturated heterocycles. The van der Waals surface area contributed by atoms with Gasteiger partial charge in [0.2, 0.25) is 5.92 Å². The van der Waals surface area contributed by atoms with Crippen LogP contribution in [-0.4, -0.2) is 47.2 Å². The van der Waals surface area contributed by atoms with Crippen LogP contribution >= 0.6 is 11.3 Å². The molecule has 4 rings (SSSR count). The fraction of sp³-hybridized carbons (Fsp3) is 0.632. The molecular formula is C19H24F2N4OS. The first-order valence-electron chi connectivity index (χ1n) is 9.49. The van der Waals surface area contributed by atoms with Crippen molar-refractivity contribution >= 4 is 17.2 Å². The maximum atomic E-state index is 13.5. The molecule has 2 aromatic heterocycles. The minimum atomic E-state index is -2.50. The van der Waals surface area contributed by atoms with Crippen LogP contribution in [0.15, 0.2) is 11.4 Å². The number of thiazole rings is 1. The maximum Gasteiger partial charge on any atom is 0.248 e. The second-order valence-corrected chi connectivity index (χ2v) is 8.30. The van der Waals surface area contributed by atoms with E-state index in [4.69, 9.17) is 14.7 Å². The number of morpholine rings is 1. The molecule has 8 heteroatoms. The van der Waals surface area contributed by atoms with Crippen molar-refractivity contribution in [3.63, 3.8) is 0 Å². The van der Waals surface area contributed by atoms with E-state index in [1.807, 2.05) is 18.4 Å². The van der Waals surface area contributed by atoms with Gasteiger partial charge in [-0.15, -0.1) is 11.3 Å². The Morgan fingerprint density at radius 2 is 1.93 bits per heavy atom. The van der Waals surface area contributed by atoms with Crippen LogP contribution in [0, 0.1) is 12.8 Å². The predicted octanol–water partition coefficient (Wildman–Crippen LogP) is 4.11. The monoisotopic (exact) mass is 394 g/mol. The first-order valence-corrected chi connectivity index (χ1v) is 10.4. The summed E-state index contributed by atoms with van der Waals surface area (Å²) in [6.07, 6.45) is 1.79. The minimum absolute atomic E-state index is 0.0163. The van der Waals surface area contributed by atoms with Crippen molar-refractivity contribution in [1.29, 1.82) is 0 Å². The fourth-order valence-corrected chi connectivity index (χ4v) is 4.42. The number of aromatic nitrogens is 3. The SMILES string of the molecule is Cc1csc(-c2nc(CC3CCC(F)(F)CC3)cc(N3CCOCC3)n2)n1. The second-order valence-electron chi connectivity index (χ2n) is 7.44. The van der Waals surface area contributed by atoms with Crippen molar-refractivity contribution in [2.45, 2.75) is 45.0 Å². The standard InChI is InChI=1S/C19H24F2N4OS/c1-13-12-27-18(22-13)17-23-15(10-14-2-4-19(20,21)5-3-14)11-16(24-17)25-6-8-26-9-7-25/h11-12,14H,2-10H2,1H3. The van der Waals surface area contributed by atoms with Gasteiger partial charge in [-0.2, -0.15) is 0 Å². The van der Waals surface area contributed by atoms with Crippen molar-refractivity contribution < 1.29 is 13.5 Å². The van der Waals surface area contributed by atoms with Gasteiger partial charge in [-0.1, -0.05) is 0 Å². The largest absolute Gasteiger partial charge is 0.378 e. The number of hydrogen-bond acceptors (Lipinski definition) is 6. The van der Waals surface area contributed by atoms with Crippen LogP contribution in [0.5, 0.6) is 0 Å². The molecule has 1 aliphatic carbocycles. The summed E-state index contributed by atoms with van der Waals surface area (Å²) in [4.78, 5) is 16.2. The van der Waals surface area contributed by atoms with Gasteiger partial charge >= 0.3 is 0 Å². The number of alkyl halides is 2. The zero-order chi connectivity index (χ0) is 18.9. The van der Waals surface area contributed by atoms with E-state index in [0.29, 0.717) is 38.3 Å². The van der Waals surface area contributed by atoms with E-state index in [9.17, 15) is 8.78 Å². The average molecular weight is 394 g/mol. The summed E-state index contributed by atoms with van der Waals surface area (Å²) in [7, 11) is 0. The van der Waals surface area contributed by atoms with Gasteiger partial charge in [0.25, 0.3) is 0 Å². The molecule has 0 bridgehead atoms. The molecule has 3 heterocycles. The highest BCUT2D eigenvalue weighted by Gasteiger charge is 2.35. The number of rotatable bonds is 4. The van der Waals surface area contributed by atoms with Crippen LogP contribution in [0.2, 0.25) is 0 Å². The number of anilines is 1. The van der Waals surface area contributed by atoms with Crippen LogP contribution in [0.1, 0.15) is 37.1 Å². The Bertz CT molecular complexity index is 782. The first kappa shape index (κ1) is 18.7. The van der Waals surface area contributed by atoms with Gasteiger partial charge in [0.15, 0.2) is 10.8 Å². The number of aryl methyl sites for hydroxylation is 1. The third-order valence-electron chi connectivity index (χ3n) is 5.25. The normalized spacial score (nSPS) is 20.8. The molecular weight excluding hydrogens is 370 g/mol. The Hall–Kier alpha value is -1.67. The number of halogens is 2. The molecule has 2 aliphatic rings. The van der Waals surface area contributed by atoms with E-state index in [1.54, 1.807) is 0 Å². The number of nitrogens with zero attached hydrogens (tertiary/aromatic N) is 4. The lowest BCUT2D eigenvalue weighted by Gasteiger charge is -2.29. The molecule has 2 aromatic rings. The summed E-state index contributed by atoms with van der Waals surface area (Å²) in [5.74, 6) is -0.728. The van der Waals surface area contributed by atoms with E-state index in [0.717, 1.165) is 35.3 Å². The maximum absolute atomic E-state index is 13.5. The lowest BCUT2D eigenvalue weighted by molar-refractivity contribution is -0.0457. The summed E-state index contributed by atoms with van der Waals surface area (Å²) in [5.41, 5.74) is 1.87. The smallest absolute Gasteiger partial charge is 0.248 e. The molecule has 5 nitrogen and oxygen atoms in total. The fourth-order valence-electron chi connectivity index (χ4n) is 3.69. The molecule has 0 atom stereocenters. The van der Waals surface area contributed by atoms with Crippen molar-refractivity contribution in [1.82, 2.24) is 15.0 Å². The van der Waals surface area contributed by atoms with Gasteiger partial charge in [0.05, 0.1) is 13.2 Å². The molecule has 0 amide bonds. The second kappa shape index (κ2) is 7.75. The van der Waals surface area contributed by atoms with Gasteiger partial charge in [0.1, 0.15) is 5.82 Å². The zero-order valence-corrected chi connectivity index (χ0v) is 16.3. The lowest BCUT2D eigenvalue weighted by Crippen LogP contribution is -2.37. The Labute approximate surface area is 161 Å². The van der Waals surface area contributed by atoms with Crippen LogP contribution in [0.25, 0.3) is 10.8 Å². The van der Waals surface area contributed by atoms with Gasteiger partial charge in [-0.3, -0.25) is 0 Å². The van der Waals surface area contributed by atoms with E-state index >= 15 is 0 Å². The molecule has 0 unspecified atom stereocenters. The summed E-state index contributed by atoms with van der Waals surface area (Å²) in [6, 6.07) is 2.02. The summed E-state index contributed by atoms with van der Waals surface area (Å²) in [5, 5.41) is 2.79. The molecule has 146 valence electrons. The van der Waals surface area contributed by atoms with Crippen LogP contribution in [0.4, 0.5) is 14.6 Å². The third kappa shape index (κ3) is 4.60. The van der Waals surface area contributed by atoms with E-state index in [1.165, 1.54) is 11.3 Å². The van der Waals surface area contributed by atoms with Gasteiger partial charge < -0.3 is 9.64 Å². The minimum Gasteiger partial charge on any atom is -0.378 e. The molecule has 0 N–H and O–H groups in total. The predicted molar refractivity (Wildman–Crippen MR) is 102 cm³/mol. The molecule has 0 aromatic carbocycles. The Kier molecular flexibility index (Phi) is 5.36. The van der Waals surface area contributed by atoms with Crippen molar-refractivity contribution in [3.05, 3.63) is 22.8 Å².